The van der Waals surface area contributed by atoms with Crippen LogP contribution in [0.3, 0.4) is 0 Å². The molecule has 2 aromatic rings. The standard InChI is InChI=1S/C25H36N4O5S/c1-14(2)9-16(12-22(30)29-34)24(32)28-20(25(33)27-19(23(26)31)10-15(3)4)11-17-13-35-21-8-6-5-7-18(17)21/h5-8,13-16,19-20,34H,9-12H2,1-4H3,(H2,26,31)(H,27,33)(H,28,32)(H,29,30)/t16-,19+,20+/m1/s1. The van der Waals surface area contributed by atoms with Crippen LogP contribution in [0.1, 0.15) is 52.5 Å². The molecule has 1 heterocycles. The fourth-order valence-corrected chi connectivity index (χ4v) is 5.00. The zero-order valence-corrected chi connectivity index (χ0v) is 21.5. The highest BCUT2D eigenvalue weighted by molar-refractivity contribution is 7.17. The van der Waals surface area contributed by atoms with Gasteiger partial charge in [0.15, 0.2) is 0 Å². The number of hydroxylamine groups is 1. The molecule has 4 amide bonds. The van der Waals surface area contributed by atoms with E-state index in [0.717, 1.165) is 15.6 Å². The summed E-state index contributed by atoms with van der Waals surface area (Å²) in [6, 6.07) is 5.92. The number of carbonyl (C=O) groups is 4. The Morgan fingerprint density at radius 3 is 2.17 bits per heavy atom. The van der Waals surface area contributed by atoms with E-state index in [9.17, 15) is 19.2 Å². The summed E-state index contributed by atoms with van der Waals surface area (Å²) < 4.78 is 1.06. The number of amides is 4. The van der Waals surface area contributed by atoms with Crippen molar-refractivity contribution >= 4 is 45.1 Å². The van der Waals surface area contributed by atoms with Crippen molar-refractivity contribution in [2.24, 2.45) is 23.5 Å². The van der Waals surface area contributed by atoms with Crippen LogP contribution in [0.2, 0.25) is 0 Å². The van der Waals surface area contributed by atoms with E-state index >= 15 is 0 Å². The van der Waals surface area contributed by atoms with Crippen LogP contribution >= 0.6 is 11.3 Å². The zero-order valence-electron chi connectivity index (χ0n) is 20.7. The maximum atomic E-state index is 13.3. The van der Waals surface area contributed by atoms with Gasteiger partial charge in [-0.1, -0.05) is 45.9 Å². The van der Waals surface area contributed by atoms with Crippen LogP contribution in [0.25, 0.3) is 10.1 Å². The lowest BCUT2D eigenvalue weighted by Gasteiger charge is -2.25. The molecule has 10 heteroatoms. The number of nitrogens with one attached hydrogen (secondary N) is 3. The summed E-state index contributed by atoms with van der Waals surface area (Å²) in [6.07, 6.45) is 0.755. The first-order chi connectivity index (χ1) is 16.5. The predicted octanol–water partition coefficient (Wildman–Crippen LogP) is 2.50. The van der Waals surface area contributed by atoms with Gasteiger partial charge in [0.2, 0.25) is 23.6 Å². The molecule has 0 unspecified atom stereocenters. The van der Waals surface area contributed by atoms with Crippen LogP contribution in [-0.2, 0) is 25.6 Å². The van der Waals surface area contributed by atoms with Gasteiger partial charge < -0.3 is 16.4 Å². The van der Waals surface area contributed by atoms with E-state index in [2.05, 4.69) is 10.6 Å². The average Bonchev–Trinajstić information content (AvgIpc) is 3.19. The molecule has 0 fully saturated rings. The molecule has 0 radical (unpaired) electrons. The van der Waals surface area contributed by atoms with Gasteiger partial charge in [-0.05, 0) is 47.1 Å². The Morgan fingerprint density at radius 2 is 1.57 bits per heavy atom. The maximum Gasteiger partial charge on any atom is 0.244 e. The number of carbonyl (C=O) groups excluding carboxylic acids is 4. The van der Waals surface area contributed by atoms with Gasteiger partial charge in [0, 0.05) is 23.5 Å². The Labute approximate surface area is 209 Å². The summed E-state index contributed by atoms with van der Waals surface area (Å²) in [4.78, 5) is 50.2. The van der Waals surface area contributed by atoms with Crippen molar-refractivity contribution in [2.75, 3.05) is 0 Å². The van der Waals surface area contributed by atoms with E-state index in [1.807, 2.05) is 57.3 Å². The molecule has 2 rings (SSSR count). The molecular weight excluding hydrogens is 468 g/mol. The summed E-state index contributed by atoms with van der Waals surface area (Å²) >= 11 is 1.54. The molecule has 3 atom stereocenters. The first-order valence-electron chi connectivity index (χ1n) is 11.8. The first-order valence-corrected chi connectivity index (χ1v) is 12.7. The van der Waals surface area contributed by atoms with Gasteiger partial charge in [0.1, 0.15) is 12.1 Å². The molecule has 35 heavy (non-hydrogen) atoms. The van der Waals surface area contributed by atoms with Crippen molar-refractivity contribution in [1.82, 2.24) is 16.1 Å². The molecule has 0 bridgehead atoms. The lowest BCUT2D eigenvalue weighted by molar-refractivity contribution is -0.137. The van der Waals surface area contributed by atoms with Crippen LogP contribution in [0.15, 0.2) is 29.6 Å². The van der Waals surface area contributed by atoms with E-state index in [-0.39, 0.29) is 24.7 Å². The molecule has 0 aliphatic rings. The smallest absolute Gasteiger partial charge is 0.244 e. The minimum absolute atomic E-state index is 0.107. The number of hydrogen-bond donors (Lipinski definition) is 5. The second-order valence-electron chi connectivity index (χ2n) is 9.68. The Bertz CT molecular complexity index is 1040. The van der Waals surface area contributed by atoms with E-state index in [0.29, 0.717) is 12.8 Å². The Kier molecular flexibility index (Phi) is 10.7. The van der Waals surface area contributed by atoms with Crippen LogP contribution in [-0.4, -0.2) is 40.9 Å². The van der Waals surface area contributed by atoms with Crippen LogP contribution in [0, 0.1) is 17.8 Å². The summed E-state index contributed by atoms with van der Waals surface area (Å²) in [6.45, 7) is 7.67. The summed E-state index contributed by atoms with van der Waals surface area (Å²) in [7, 11) is 0. The molecule has 0 aliphatic heterocycles. The van der Waals surface area contributed by atoms with Crippen molar-refractivity contribution in [3.05, 3.63) is 35.2 Å². The Morgan fingerprint density at radius 1 is 0.943 bits per heavy atom. The third kappa shape index (κ3) is 8.63. The van der Waals surface area contributed by atoms with E-state index < -0.39 is 41.6 Å². The number of benzene rings is 1. The molecule has 9 nitrogen and oxygen atoms in total. The minimum atomic E-state index is -0.985. The molecule has 1 aromatic heterocycles. The van der Waals surface area contributed by atoms with Gasteiger partial charge in [-0.2, -0.15) is 0 Å². The summed E-state index contributed by atoms with van der Waals surface area (Å²) in [5, 5.41) is 17.3. The average molecular weight is 505 g/mol. The van der Waals surface area contributed by atoms with Gasteiger partial charge >= 0.3 is 0 Å². The Balaban J connectivity index is 2.32. The van der Waals surface area contributed by atoms with Crippen molar-refractivity contribution in [1.29, 1.82) is 0 Å². The number of primary amides is 1. The van der Waals surface area contributed by atoms with E-state index in [1.165, 1.54) is 0 Å². The van der Waals surface area contributed by atoms with Gasteiger partial charge in [-0.3, -0.25) is 24.4 Å². The normalized spacial score (nSPS) is 13.9. The molecule has 1 aromatic carbocycles. The van der Waals surface area contributed by atoms with Crippen LogP contribution in [0.4, 0.5) is 0 Å². The highest BCUT2D eigenvalue weighted by atomic mass is 32.1. The van der Waals surface area contributed by atoms with Gasteiger partial charge in [0.05, 0.1) is 0 Å². The number of thiophene rings is 1. The van der Waals surface area contributed by atoms with Crippen LogP contribution in [0.5, 0.6) is 0 Å². The van der Waals surface area contributed by atoms with Gasteiger partial charge in [-0.15, -0.1) is 11.3 Å². The van der Waals surface area contributed by atoms with Gasteiger partial charge in [-0.25, -0.2) is 5.48 Å². The topological polar surface area (TPSA) is 151 Å². The fourth-order valence-electron chi connectivity index (χ4n) is 4.02. The molecule has 0 aliphatic carbocycles. The number of hydrogen-bond acceptors (Lipinski definition) is 6. The van der Waals surface area contributed by atoms with E-state index in [1.54, 1.807) is 16.8 Å². The summed E-state index contributed by atoms with van der Waals surface area (Å²) in [5.41, 5.74) is 7.96. The van der Waals surface area contributed by atoms with Crippen molar-refractivity contribution in [3.8, 4) is 0 Å². The number of fused-ring (bicyclic) bond motifs is 1. The third-order valence-electron chi connectivity index (χ3n) is 5.67. The van der Waals surface area contributed by atoms with E-state index in [4.69, 9.17) is 10.9 Å². The lowest BCUT2D eigenvalue weighted by Crippen LogP contribution is -2.55. The minimum Gasteiger partial charge on any atom is -0.368 e. The second-order valence-corrected chi connectivity index (χ2v) is 10.6. The zero-order chi connectivity index (χ0) is 26.1. The van der Waals surface area contributed by atoms with Gasteiger partial charge in [0.25, 0.3) is 0 Å². The van der Waals surface area contributed by atoms with Crippen LogP contribution < -0.4 is 21.8 Å². The lowest BCUT2D eigenvalue weighted by atomic mass is 9.92. The molecule has 0 spiro atoms. The largest absolute Gasteiger partial charge is 0.368 e. The molecule has 0 saturated carbocycles. The first kappa shape index (κ1) is 28.3. The predicted molar refractivity (Wildman–Crippen MR) is 136 cm³/mol. The Hall–Kier alpha value is -2.98. The van der Waals surface area contributed by atoms with Crippen molar-refractivity contribution < 1.29 is 24.4 Å². The summed E-state index contributed by atoms with van der Waals surface area (Å²) in [5.74, 6) is -2.82. The molecule has 6 N–H and O–H groups in total. The highest BCUT2D eigenvalue weighted by Crippen LogP contribution is 2.27. The number of rotatable bonds is 13. The fraction of sp³-hybridized carbons (Fsp3) is 0.520. The molecule has 0 saturated heterocycles. The molecular formula is C25H36N4O5S. The monoisotopic (exact) mass is 504 g/mol. The SMILES string of the molecule is CC(C)C[C@H](CC(=O)NO)C(=O)N[C@@H](Cc1csc2ccccc12)C(=O)N[C@@H](CC(C)C)C(N)=O. The van der Waals surface area contributed by atoms with Crippen molar-refractivity contribution in [3.63, 3.8) is 0 Å². The second kappa shape index (κ2) is 13.2. The maximum absolute atomic E-state index is 13.3. The molecule has 192 valence electrons. The quantitative estimate of drug-likeness (QED) is 0.210. The third-order valence-corrected chi connectivity index (χ3v) is 6.68. The highest BCUT2D eigenvalue weighted by Gasteiger charge is 2.30. The van der Waals surface area contributed by atoms with Crippen molar-refractivity contribution in [2.45, 2.75) is 65.5 Å². The number of nitrogens with two attached hydrogens (primary N) is 1.